The molecule has 4 nitrogen and oxygen atoms in total. The van der Waals surface area contributed by atoms with E-state index in [4.69, 9.17) is 4.98 Å². The Hall–Kier alpha value is -2.84. The third kappa shape index (κ3) is 4.18. The molecule has 0 aliphatic heterocycles. The maximum Gasteiger partial charge on any atom is 0.225 e. The number of hydrogen-bond acceptors (Lipinski definition) is 4. The first-order valence-electron chi connectivity index (χ1n) is 9.57. The molecule has 1 heterocycles. The molecule has 1 N–H and O–H groups in total. The van der Waals surface area contributed by atoms with Gasteiger partial charge < -0.3 is 5.32 Å². The maximum absolute atomic E-state index is 12.3. The summed E-state index contributed by atoms with van der Waals surface area (Å²) in [6.07, 6.45) is 4.69. The molecule has 0 saturated carbocycles. The highest BCUT2D eigenvalue weighted by atomic mass is 32.2. The molecule has 28 heavy (non-hydrogen) atoms. The third-order valence-electron chi connectivity index (χ3n) is 4.99. The SMILES string of the molecule is N#Cc1cc2c(nc1SCCC(=O)Nc1ccc3ccccc3c1)CCCC2. The topological polar surface area (TPSA) is 65.8 Å². The molecule has 0 atom stereocenters. The normalized spacial score (nSPS) is 13.0. The Kier molecular flexibility index (Phi) is 5.59. The van der Waals surface area contributed by atoms with E-state index in [0.29, 0.717) is 17.7 Å². The van der Waals surface area contributed by atoms with Crippen molar-refractivity contribution in [2.75, 3.05) is 11.1 Å². The molecule has 1 amide bonds. The predicted molar refractivity (Wildman–Crippen MR) is 114 cm³/mol. The third-order valence-corrected chi connectivity index (χ3v) is 5.98. The van der Waals surface area contributed by atoms with Crippen molar-refractivity contribution in [2.24, 2.45) is 0 Å². The van der Waals surface area contributed by atoms with Crippen LogP contribution in [0.4, 0.5) is 5.69 Å². The Morgan fingerprint density at radius 3 is 2.79 bits per heavy atom. The Morgan fingerprint density at radius 2 is 1.93 bits per heavy atom. The molecule has 1 aliphatic carbocycles. The number of carbonyl (C=O) groups is 1. The molecule has 0 fully saturated rings. The van der Waals surface area contributed by atoms with Crippen LogP contribution in [0, 0.1) is 11.3 Å². The van der Waals surface area contributed by atoms with Gasteiger partial charge >= 0.3 is 0 Å². The van der Waals surface area contributed by atoms with Crippen LogP contribution >= 0.6 is 11.8 Å². The summed E-state index contributed by atoms with van der Waals surface area (Å²) in [6, 6.07) is 18.2. The lowest BCUT2D eigenvalue weighted by Crippen LogP contribution is -2.12. The summed E-state index contributed by atoms with van der Waals surface area (Å²) in [5.41, 5.74) is 3.76. The van der Waals surface area contributed by atoms with E-state index in [9.17, 15) is 10.1 Å². The van der Waals surface area contributed by atoms with Crippen LogP contribution in [0.1, 0.15) is 36.1 Å². The fourth-order valence-corrected chi connectivity index (χ4v) is 4.45. The predicted octanol–water partition coefficient (Wildman–Crippen LogP) is 5.11. The summed E-state index contributed by atoms with van der Waals surface area (Å²) in [5, 5.41) is 15.4. The van der Waals surface area contributed by atoms with Crippen molar-refractivity contribution < 1.29 is 4.79 Å². The van der Waals surface area contributed by atoms with Crippen LogP contribution in [0.2, 0.25) is 0 Å². The largest absolute Gasteiger partial charge is 0.326 e. The van der Waals surface area contributed by atoms with Crippen LogP contribution in [0.15, 0.2) is 53.6 Å². The quantitative estimate of drug-likeness (QED) is 0.618. The highest BCUT2D eigenvalue weighted by Gasteiger charge is 2.15. The minimum Gasteiger partial charge on any atom is -0.326 e. The molecule has 0 saturated heterocycles. The molecular formula is C23H21N3OS. The van der Waals surface area contributed by atoms with Gasteiger partial charge in [0.1, 0.15) is 11.1 Å². The number of rotatable bonds is 5. The van der Waals surface area contributed by atoms with Gasteiger partial charge in [0.15, 0.2) is 0 Å². The summed E-state index contributed by atoms with van der Waals surface area (Å²) in [4.78, 5) is 17.0. The zero-order valence-corrected chi connectivity index (χ0v) is 16.4. The van der Waals surface area contributed by atoms with Crippen molar-refractivity contribution >= 4 is 34.1 Å². The van der Waals surface area contributed by atoms with E-state index >= 15 is 0 Å². The lowest BCUT2D eigenvalue weighted by molar-refractivity contribution is -0.115. The number of benzene rings is 2. The molecule has 0 spiro atoms. The van der Waals surface area contributed by atoms with Crippen LogP contribution in [-0.2, 0) is 17.6 Å². The molecule has 5 heteroatoms. The molecule has 2 aromatic carbocycles. The Morgan fingerprint density at radius 1 is 1.11 bits per heavy atom. The van der Waals surface area contributed by atoms with Gasteiger partial charge in [0.2, 0.25) is 5.91 Å². The van der Waals surface area contributed by atoms with Gasteiger partial charge in [-0.25, -0.2) is 4.98 Å². The van der Waals surface area contributed by atoms with E-state index in [2.05, 4.69) is 17.5 Å². The van der Waals surface area contributed by atoms with E-state index in [-0.39, 0.29) is 5.91 Å². The van der Waals surface area contributed by atoms with Gasteiger partial charge in [0.25, 0.3) is 0 Å². The number of thioether (sulfide) groups is 1. The molecular weight excluding hydrogens is 366 g/mol. The first-order valence-corrected chi connectivity index (χ1v) is 10.6. The summed E-state index contributed by atoms with van der Waals surface area (Å²) in [6.45, 7) is 0. The lowest BCUT2D eigenvalue weighted by Gasteiger charge is -2.16. The van der Waals surface area contributed by atoms with Crippen LogP contribution in [0.25, 0.3) is 10.8 Å². The highest BCUT2D eigenvalue weighted by molar-refractivity contribution is 7.99. The van der Waals surface area contributed by atoms with Gasteiger partial charge in [-0.2, -0.15) is 5.26 Å². The Bertz CT molecular complexity index is 1070. The van der Waals surface area contributed by atoms with Gasteiger partial charge in [-0.05, 0) is 60.2 Å². The molecule has 0 radical (unpaired) electrons. The average molecular weight is 388 g/mol. The molecule has 4 rings (SSSR count). The van der Waals surface area contributed by atoms with Crippen molar-refractivity contribution in [3.63, 3.8) is 0 Å². The van der Waals surface area contributed by atoms with E-state index in [1.165, 1.54) is 23.7 Å². The number of amides is 1. The number of aryl methyl sites for hydroxylation is 2. The fraction of sp³-hybridized carbons (Fsp3) is 0.261. The summed E-state index contributed by atoms with van der Waals surface area (Å²) < 4.78 is 0. The van der Waals surface area contributed by atoms with E-state index < -0.39 is 0 Å². The van der Waals surface area contributed by atoms with Crippen molar-refractivity contribution in [3.8, 4) is 6.07 Å². The highest BCUT2D eigenvalue weighted by Crippen LogP contribution is 2.27. The zero-order chi connectivity index (χ0) is 19.3. The summed E-state index contributed by atoms with van der Waals surface area (Å²) >= 11 is 1.49. The standard InChI is InChI=1S/C23H21N3OS/c24-15-19-13-18-7-3-4-8-21(18)26-23(19)28-12-11-22(27)25-20-10-9-16-5-1-2-6-17(16)14-20/h1-2,5-6,9-10,13-14H,3-4,7-8,11-12H2,(H,25,27). The van der Waals surface area contributed by atoms with E-state index in [0.717, 1.165) is 46.4 Å². The minimum absolute atomic E-state index is 0.0285. The van der Waals surface area contributed by atoms with Crippen LogP contribution in [-0.4, -0.2) is 16.6 Å². The van der Waals surface area contributed by atoms with Crippen LogP contribution < -0.4 is 5.32 Å². The molecule has 1 aliphatic rings. The Balaban J connectivity index is 1.37. The second kappa shape index (κ2) is 8.45. The van der Waals surface area contributed by atoms with Gasteiger partial charge in [-0.1, -0.05) is 30.3 Å². The number of hydrogen-bond donors (Lipinski definition) is 1. The summed E-state index contributed by atoms with van der Waals surface area (Å²) in [5.74, 6) is 0.569. The van der Waals surface area contributed by atoms with Crippen LogP contribution in [0.3, 0.4) is 0 Å². The zero-order valence-electron chi connectivity index (χ0n) is 15.6. The smallest absolute Gasteiger partial charge is 0.225 e. The summed E-state index contributed by atoms with van der Waals surface area (Å²) in [7, 11) is 0. The van der Waals surface area contributed by atoms with Crippen molar-refractivity contribution in [1.82, 2.24) is 4.98 Å². The van der Waals surface area contributed by atoms with Gasteiger partial charge in [0, 0.05) is 23.6 Å². The molecule has 3 aromatic rings. The van der Waals surface area contributed by atoms with E-state index in [1.807, 2.05) is 42.5 Å². The molecule has 0 unspecified atom stereocenters. The number of fused-ring (bicyclic) bond motifs is 2. The number of pyridine rings is 1. The number of nitrogens with zero attached hydrogens (tertiary/aromatic N) is 2. The first-order chi connectivity index (χ1) is 13.7. The maximum atomic E-state index is 12.3. The fourth-order valence-electron chi connectivity index (χ4n) is 3.54. The van der Waals surface area contributed by atoms with Crippen molar-refractivity contribution in [2.45, 2.75) is 37.1 Å². The van der Waals surface area contributed by atoms with Crippen molar-refractivity contribution in [3.05, 3.63) is 65.4 Å². The van der Waals surface area contributed by atoms with Gasteiger partial charge in [-0.15, -0.1) is 11.8 Å². The number of aromatic nitrogens is 1. The second-order valence-electron chi connectivity index (χ2n) is 6.97. The average Bonchev–Trinajstić information content (AvgIpc) is 2.73. The molecule has 1 aromatic heterocycles. The monoisotopic (exact) mass is 387 g/mol. The number of nitriles is 1. The minimum atomic E-state index is -0.0285. The molecule has 140 valence electrons. The first kappa shape index (κ1) is 18.5. The van der Waals surface area contributed by atoms with Crippen molar-refractivity contribution in [1.29, 1.82) is 5.26 Å². The van der Waals surface area contributed by atoms with E-state index in [1.54, 1.807) is 0 Å². The second-order valence-corrected chi connectivity index (χ2v) is 8.06. The number of anilines is 1. The number of nitrogens with one attached hydrogen (secondary N) is 1. The van der Waals surface area contributed by atoms with Crippen LogP contribution in [0.5, 0.6) is 0 Å². The van der Waals surface area contributed by atoms with Gasteiger partial charge in [-0.3, -0.25) is 4.79 Å². The molecule has 0 bridgehead atoms. The lowest BCUT2D eigenvalue weighted by atomic mass is 9.95. The van der Waals surface area contributed by atoms with Gasteiger partial charge in [0.05, 0.1) is 5.56 Å². The Labute approximate surface area is 169 Å². The number of carbonyl (C=O) groups excluding carboxylic acids is 1.